The topological polar surface area (TPSA) is 171 Å². The molecule has 0 fully saturated rings. The molecule has 12 heteroatoms. The Balaban J connectivity index is -0.000000175. The van der Waals surface area contributed by atoms with Gasteiger partial charge >= 0.3 is 0 Å². The van der Waals surface area contributed by atoms with E-state index in [-0.39, 0.29) is 9.99 Å². The van der Waals surface area contributed by atoms with Gasteiger partial charge in [0.05, 0.1) is 28.1 Å². The molecule has 240 valence electrons. The summed E-state index contributed by atoms with van der Waals surface area (Å²) in [5.74, 6) is 39.9. The average Bonchev–Trinajstić information content (AvgIpc) is 3.64. The molecular weight excluding hydrogens is 604 g/mol. The number of fused-ring (bicyclic) bond motifs is 1. The van der Waals surface area contributed by atoms with Gasteiger partial charge in [0.15, 0.2) is 0 Å². The summed E-state index contributed by atoms with van der Waals surface area (Å²) in [5.41, 5.74) is 13.2. The van der Waals surface area contributed by atoms with E-state index in [1.54, 1.807) is 0 Å². The lowest BCUT2D eigenvalue weighted by molar-refractivity contribution is 0.393. The molecular formula is C36H34N10O2. The maximum atomic E-state index is 8.91. The molecule has 0 aliphatic rings. The van der Waals surface area contributed by atoms with Crippen molar-refractivity contribution in [1.29, 1.82) is 5.53 Å². The molecule has 48 heavy (non-hydrogen) atoms. The Morgan fingerprint density at radius 1 is 0.792 bits per heavy atom. The zero-order valence-corrected chi connectivity index (χ0v) is 25.9. The summed E-state index contributed by atoms with van der Waals surface area (Å²) >= 11 is 0. The van der Waals surface area contributed by atoms with Gasteiger partial charge < -0.3 is 9.51 Å². The van der Waals surface area contributed by atoms with Crippen LogP contribution < -0.4 is 0 Å². The van der Waals surface area contributed by atoms with Crippen LogP contribution in [0.15, 0.2) is 49.7 Å². The number of nitrogens with zero attached hydrogens (tertiary/aromatic N) is 8. The van der Waals surface area contributed by atoms with Gasteiger partial charge in [-0.3, -0.25) is 0 Å². The van der Waals surface area contributed by atoms with E-state index in [2.05, 4.69) is 148 Å². The number of terminal acetylenes is 2. The number of aryl methyl sites for hydroxylation is 4. The molecule has 12 nitrogen and oxygen atoms in total. The van der Waals surface area contributed by atoms with Crippen LogP contribution in [-0.4, -0.2) is 25.3 Å². The maximum Gasteiger partial charge on any atom is 0.141 e. The van der Waals surface area contributed by atoms with Crippen molar-refractivity contribution in [3.05, 3.63) is 52.1 Å². The van der Waals surface area contributed by atoms with Crippen molar-refractivity contribution in [3.8, 4) is 130 Å². The second-order valence-electron chi connectivity index (χ2n) is 8.40. The molecule has 0 aliphatic carbocycles. The van der Waals surface area contributed by atoms with Gasteiger partial charge in [-0.15, -0.1) is 17.8 Å². The van der Waals surface area contributed by atoms with Crippen molar-refractivity contribution in [2.45, 2.75) is 27.7 Å². The van der Waals surface area contributed by atoms with Gasteiger partial charge in [-0.05, 0) is 163 Å². The van der Waals surface area contributed by atoms with Crippen LogP contribution in [0.25, 0.3) is 33.4 Å². The third kappa shape index (κ3) is 12.2. The Morgan fingerprint density at radius 3 is 1.77 bits per heavy atom. The van der Waals surface area contributed by atoms with E-state index in [9.17, 15) is 0 Å². The van der Waals surface area contributed by atoms with Gasteiger partial charge in [0.1, 0.15) is 16.9 Å². The minimum absolute atomic E-state index is 0. The van der Waals surface area contributed by atoms with Gasteiger partial charge in [-0.25, -0.2) is 4.98 Å². The highest BCUT2D eigenvalue weighted by Crippen LogP contribution is 2.34. The van der Waals surface area contributed by atoms with E-state index in [0.717, 1.165) is 56.4 Å². The lowest BCUT2D eigenvalue weighted by Crippen LogP contribution is -1.92. The summed E-state index contributed by atoms with van der Waals surface area (Å²) in [4.78, 5) is 16.8. The fraction of sp³-hybridized carbons (Fsp3) is 0.111. The second-order valence-corrected chi connectivity index (χ2v) is 8.40. The van der Waals surface area contributed by atoms with Gasteiger partial charge in [-0.2, -0.15) is 15.7 Å². The van der Waals surface area contributed by atoms with Crippen molar-refractivity contribution in [2.24, 2.45) is 21.0 Å². The molecule has 0 spiro atoms. The maximum absolute atomic E-state index is 8.91. The van der Waals surface area contributed by atoms with Crippen LogP contribution in [0.2, 0.25) is 0 Å². The number of aromatic amines is 1. The number of rotatable bonds is 4. The van der Waals surface area contributed by atoms with Crippen LogP contribution in [-0.2, 0) is 0 Å². The number of nitroso groups, excluding NO2 is 1. The van der Waals surface area contributed by atoms with E-state index in [1.165, 1.54) is 0 Å². The Morgan fingerprint density at radius 2 is 1.35 bits per heavy atom. The Bertz CT molecular complexity index is 2320. The summed E-state index contributed by atoms with van der Waals surface area (Å²) in [7, 11) is 0. The van der Waals surface area contributed by atoms with E-state index in [0.29, 0.717) is 0 Å². The van der Waals surface area contributed by atoms with E-state index < -0.39 is 0 Å². The van der Waals surface area contributed by atoms with Crippen LogP contribution in [0, 0.1) is 146 Å². The van der Waals surface area contributed by atoms with Crippen molar-refractivity contribution in [2.75, 3.05) is 0 Å². The molecule has 2 N–H and O–H groups in total. The van der Waals surface area contributed by atoms with Gasteiger partial charge in [-0.1, -0.05) is 5.16 Å². The normalized spacial score (nSPS) is 8.12. The van der Waals surface area contributed by atoms with Crippen LogP contribution in [0.3, 0.4) is 0 Å². The van der Waals surface area contributed by atoms with Crippen molar-refractivity contribution >= 4 is 11.0 Å². The lowest BCUT2D eigenvalue weighted by Gasteiger charge is -2.06. The molecule has 0 atom stereocenters. The van der Waals surface area contributed by atoms with Gasteiger partial charge in [0.2, 0.25) is 0 Å². The molecule has 3 aromatic heterocycles. The quantitative estimate of drug-likeness (QED) is 0.106. The molecule has 0 saturated heterocycles. The molecule has 0 amide bonds. The second kappa shape index (κ2) is 20.7. The van der Waals surface area contributed by atoms with Crippen LogP contribution in [0.1, 0.15) is 33.0 Å². The van der Waals surface area contributed by atoms with Gasteiger partial charge in [0, 0.05) is 26.3 Å². The molecule has 0 bridgehead atoms. The van der Waals surface area contributed by atoms with Crippen LogP contribution >= 0.6 is 0 Å². The SMILES string of the molecule is C#CC#CC#CC#CC#CC#CC#CC#CC#C.Cc1ccc(-c2cc(-c3c(C)noc3C)cc3[nH]c(C)nc23)nn1.N=N/N=N/N=O.[HH].[HH].[HH].[HH].[HH].[HH].[HH]. The lowest BCUT2D eigenvalue weighted by atomic mass is 9.99. The molecule has 0 unspecified atom stereocenters. The van der Waals surface area contributed by atoms with E-state index >= 15 is 0 Å². The fourth-order valence-electron chi connectivity index (χ4n) is 3.50. The highest BCUT2D eigenvalue weighted by molar-refractivity contribution is 5.95. The smallest absolute Gasteiger partial charge is 0.141 e. The number of nitrogens with one attached hydrogen (secondary N) is 2. The number of aromatic nitrogens is 5. The Hall–Kier alpha value is -8.18. The summed E-state index contributed by atoms with van der Waals surface area (Å²) < 4.78 is 5.32. The monoisotopic (exact) mass is 638 g/mol. The average molecular weight is 639 g/mol. The molecule has 0 saturated carbocycles. The predicted molar refractivity (Wildman–Crippen MR) is 194 cm³/mol. The molecule has 4 rings (SSSR count). The summed E-state index contributed by atoms with van der Waals surface area (Å²) in [6.45, 7) is 7.73. The first kappa shape index (κ1) is 36.0. The van der Waals surface area contributed by atoms with E-state index in [1.807, 2.05) is 45.1 Å². The standard InChI is InChI=1S/C18H17N5O.C18H2.HN5O.7H2/c1-9-5-6-15(22-21-9)14-7-13(17-10(2)23-24-11(17)3)8-16-18(14)20-12(4)19-16;1-3-5-7-9-11-13-15-17-18-16-14-12-10-8-6-4-2;1-2-3-4-5-6;;;;;;;/h5-8H,1-4H3,(H,19,20);1-2H;1H;7*1H/b;;2-1?,4-3+;;;;;;;. The van der Waals surface area contributed by atoms with Gasteiger partial charge in [0.25, 0.3) is 0 Å². The number of H-pyrrole nitrogens is 1. The first-order valence-electron chi connectivity index (χ1n) is 13.1. The first-order valence-corrected chi connectivity index (χ1v) is 13.1. The zero-order chi connectivity index (χ0) is 35.0. The molecule has 1 aromatic carbocycles. The van der Waals surface area contributed by atoms with Crippen LogP contribution in [0.4, 0.5) is 0 Å². The Kier molecular flexibility index (Phi) is 15.5. The summed E-state index contributed by atoms with van der Waals surface area (Å²) in [6.07, 6.45) is 9.76. The largest absolute Gasteiger partial charge is 0.361 e. The summed E-state index contributed by atoms with van der Waals surface area (Å²) in [6, 6.07) is 8.08. The van der Waals surface area contributed by atoms with Crippen molar-refractivity contribution < 1.29 is 14.5 Å². The zero-order valence-electron chi connectivity index (χ0n) is 25.9. The predicted octanol–water partition coefficient (Wildman–Crippen LogP) is 6.97. The third-order valence-corrected chi connectivity index (χ3v) is 5.18. The fourth-order valence-corrected chi connectivity index (χ4v) is 3.50. The number of imidazole rings is 1. The van der Waals surface area contributed by atoms with E-state index in [4.69, 9.17) is 27.8 Å². The number of benzene rings is 1. The van der Waals surface area contributed by atoms with Crippen LogP contribution in [0.5, 0.6) is 0 Å². The minimum Gasteiger partial charge on any atom is -0.361 e. The molecule has 3 heterocycles. The highest BCUT2D eigenvalue weighted by atomic mass is 16.5. The molecule has 4 aromatic rings. The van der Waals surface area contributed by atoms with Crippen molar-refractivity contribution in [1.82, 2.24) is 25.3 Å². The molecule has 0 aliphatic heterocycles. The third-order valence-electron chi connectivity index (χ3n) is 5.18. The summed E-state index contributed by atoms with van der Waals surface area (Å²) in [5, 5.41) is 21.8. The van der Waals surface area contributed by atoms with Crippen molar-refractivity contribution in [3.63, 3.8) is 0 Å². The molecule has 0 radical (unpaired) electrons. The number of hydrogen-bond donors (Lipinski definition) is 2. The highest BCUT2D eigenvalue weighted by Gasteiger charge is 2.17. The first-order chi connectivity index (χ1) is 23.4. The minimum atomic E-state index is 0. The Labute approximate surface area is 287 Å². The number of hydrogen-bond acceptors (Lipinski definition) is 7.